The van der Waals surface area contributed by atoms with Crippen LogP contribution in [0.4, 0.5) is 5.82 Å². The van der Waals surface area contributed by atoms with Crippen LogP contribution in [0.5, 0.6) is 0 Å². The van der Waals surface area contributed by atoms with Gasteiger partial charge in [0.15, 0.2) is 0 Å². The molecule has 7 nitrogen and oxygen atoms in total. The predicted octanol–water partition coefficient (Wildman–Crippen LogP) is 1.67. The fourth-order valence-electron chi connectivity index (χ4n) is 2.89. The summed E-state index contributed by atoms with van der Waals surface area (Å²) in [5.41, 5.74) is 1.32. The summed E-state index contributed by atoms with van der Waals surface area (Å²) in [5, 5.41) is 7.81. The Kier molecular flexibility index (Phi) is 4.22. The first-order valence-electron chi connectivity index (χ1n) is 7.80. The molecule has 22 heavy (non-hydrogen) atoms. The zero-order valence-electron chi connectivity index (χ0n) is 13.0. The Labute approximate surface area is 129 Å². The van der Waals surface area contributed by atoms with Crippen molar-refractivity contribution >= 4 is 22.8 Å². The molecule has 1 aliphatic heterocycles. The van der Waals surface area contributed by atoms with Crippen LogP contribution in [0.1, 0.15) is 31.9 Å². The Morgan fingerprint density at radius 2 is 2.18 bits per heavy atom. The van der Waals surface area contributed by atoms with Crippen molar-refractivity contribution < 1.29 is 9.32 Å². The number of nitrogens with zero attached hydrogens (tertiary/aromatic N) is 4. The van der Waals surface area contributed by atoms with Crippen molar-refractivity contribution in [3.05, 3.63) is 12.0 Å². The number of aromatic nitrogens is 3. The minimum Gasteiger partial charge on any atom is -0.356 e. The maximum atomic E-state index is 12.0. The van der Waals surface area contributed by atoms with E-state index in [4.69, 9.17) is 4.52 Å². The van der Waals surface area contributed by atoms with Crippen LogP contribution in [0.2, 0.25) is 0 Å². The molecule has 0 bridgehead atoms. The molecule has 0 spiro atoms. The molecule has 0 saturated carbocycles. The lowest BCUT2D eigenvalue weighted by molar-refractivity contribution is -0.125. The number of hydrogen-bond acceptors (Lipinski definition) is 6. The summed E-state index contributed by atoms with van der Waals surface area (Å²) in [7, 11) is 0. The van der Waals surface area contributed by atoms with Gasteiger partial charge in [0.2, 0.25) is 5.91 Å². The molecular formula is C15H21N5O2. The molecule has 0 unspecified atom stereocenters. The van der Waals surface area contributed by atoms with Crippen LogP contribution >= 0.6 is 0 Å². The highest BCUT2D eigenvalue weighted by molar-refractivity contribution is 5.88. The third kappa shape index (κ3) is 2.75. The fraction of sp³-hybridized carbons (Fsp3) is 0.600. The molecular weight excluding hydrogens is 282 g/mol. The predicted molar refractivity (Wildman–Crippen MR) is 82.6 cm³/mol. The molecule has 1 N–H and O–H groups in total. The largest absolute Gasteiger partial charge is 0.356 e. The van der Waals surface area contributed by atoms with Gasteiger partial charge in [-0.15, -0.1) is 0 Å². The van der Waals surface area contributed by atoms with Crippen LogP contribution in [0.15, 0.2) is 10.9 Å². The number of piperidine rings is 1. The molecule has 0 atom stereocenters. The summed E-state index contributed by atoms with van der Waals surface area (Å²) >= 11 is 0. The van der Waals surface area contributed by atoms with Gasteiger partial charge >= 0.3 is 0 Å². The normalized spacial score (nSPS) is 16.2. The summed E-state index contributed by atoms with van der Waals surface area (Å²) in [4.78, 5) is 22.7. The zero-order chi connectivity index (χ0) is 15.5. The van der Waals surface area contributed by atoms with Crippen molar-refractivity contribution in [2.75, 3.05) is 24.5 Å². The van der Waals surface area contributed by atoms with Crippen LogP contribution in [0.3, 0.4) is 0 Å². The molecule has 2 aromatic heterocycles. The van der Waals surface area contributed by atoms with Crippen LogP contribution in [-0.4, -0.2) is 40.7 Å². The Morgan fingerprint density at radius 1 is 1.41 bits per heavy atom. The van der Waals surface area contributed by atoms with Crippen LogP contribution in [0.25, 0.3) is 11.1 Å². The Balaban J connectivity index is 1.70. The maximum Gasteiger partial charge on any atom is 0.263 e. The highest BCUT2D eigenvalue weighted by Crippen LogP contribution is 2.29. The molecule has 1 saturated heterocycles. The van der Waals surface area contributed by atoms with Gasteiger partial charge in [-0.05, 0) is 26.2 Å². The van der Waals surface area contributed by atoms with Gasteiger partial charge in [0, 0.05) is 25.6 Å². The number of anilines is 1. The van der Waals surface area contributed by atoms with E-state index >= 15 is 0 Å². The van der Waals surface area contributed by atoms with E-state index in [1.54, 1.807) is 0 Å². The number of amides is 1. The Hall–Kier alpha value is -2.18. The number of fused-ring (bicyclic) bond motifs is 1. The van der Waals surface area contributed by atoms with Crippen molar-refractivity contribution in [2.45, 2.75) is 33.1 Å². The number of nitrogens with one attached hydrogen (secondary N) is 1. The monoisotopic (exact) mass is 303 g/mol. The molecule has 0 aliphatic carbocycles. The van der Waals surface area contributed by atoms with E-state index in [1.165, 1.54) is 6.33 Å². The third-order valence-electron chi connectivity index (χ3n) is 4.14. The lowest BCUT2D eigenvalue weighted by atomic mass is 9.95. The molecule has 1 fully saturated rings. The first kappa shape index (κ1) is 14.7. The van der Waals surface area contributed by atoms with Gasteiger partial charge in [0.25, 0.3) is 5.71 Å². The maximum absolute atomic E-state index is 12.0. The minimum atomic E-state index is 0.101. The van der Waals surface area contributed by atoms with Gasteiger partial charge in [-0.25, -0.2) is 4.98 Å². The smallest absolute Gasteiger partial charge is 0.263 e. The van der Waals surface area contributed by atoms with E-state index in [0.29, 0.717) is 5.71 Å². The quantitative estimate of drug-likeness (QED) is 0.925. The average molecular weight is 303 g/mol. The topological polar surface area (TPSA) is 84.2 Å². The van der Waals surface area contributed by atoms with E-state index in [9.17, 15) is 4.79 Å². The standard InChI is InChI=1S/C15H21N5O2/c1-3-6-16-14(21)11-4-7-20(8-5-11)13-12-10(2)19-22-15(12)18-9-17-13/h9,11H,3-8H2,1-2H3,(H,16,21). The van der Waals surface area contributed by atoms with Crippen LogP contribution in [0, 0.1) is 12.8 Å². The van der Waals surface area contributed by atoms with E-state index in [0.717, 1.165) is 55.8 Å². The molecule has 3 rings (SSSR count). The third-order valence-corrected chi connectivity index (χ3v) is 4.14. The lowest BCUT2D eigenvalue weighted by Crippen LogP contribution is -2.41. The second-order valence-corrected chi connectivity index (χ2v) is 5.70. The molecule has 1 amide bonds. The SMILES string of the molecule is CCCNC(=O)C1CCN(c2ncnc3onc(C)c23)CC1. The van der Waals surface area contributed by atoms with Crippen molar-refractivity contribution in [1.82, 2.24) is 20.4 Å². The lowest BCUT2D eigenvalue weighted by Gasteiger charge is -2.32. The average Bonchev–Trinajstić information content (AvgIpc) is 2.94. The summed E-state index contributed by atoms with van der Waals surface area (Å²) < 4.78 is 5.19. The highest BCUT2D eigenvalue weighted by atomic mass is 16.5. The van der Waals surface area contributed by atoms with Crippen molar-refractivity contribution in [3.8, 4) is 0 Å². The summed E-state index contributed by atoms with van der Waals surface area (Å²) in [6, 6.07) is 0. The Bertz CT molecular complexity index is 661. The van der Waals surface area contributed by atoms with Gasteiger partial charge in [-0.2, -0.15) is 4.98 Å². The minimum absolute atomic E-state index is 0.101. The number of carbonyl (C=O) groups excluding carboxylic acids is 1. The summed E-state index contributed by atoms with van der Waals surface area (Å²) in [5.74, 6) is 1.13. The Morgan fingerprint density at radius 3 is 2.91 bits per heavy atom. The molecule has 1 aliphatic rings. The van der Waals surface area contributed by atoms with E-state index < -0.39 is 0 Å². The molecule has 0 radical (unpaired) electrons. The molecule has 0 aromatic carbocycles. The van der Waals surface area contributed by atoms with Crippen molar-refractivity contribution in [1.29, 1.82) is 0 Å². The first-order valence-corrected chi connectivity index (χ1v) is 7.80. The second-order valence-electron chi connectivity index (χ2n) is 5.70. The fourth-order valence-corrected chi connectivity index (χ4v) is 2.89. The van der Waals surface area contributed by atoms with Gasteiger partial charge in [0.1, 0.15) is 17.5 Å². The summed E-state index contributed by atoms with van der Waals surface area (Å²) in [6.45, 7) is 6.32. The number of hydrogen-bond donors (Lipinski definition) is 1. The molecule has 118 valence electrons. The number of rotatable bonds is 4. The van der Waals surface area contributed by atoms with Crippen LogP contribution in [-0.2, 0) is 4.79 Å². The summed E-state index contributed by atoms with van der Waals surface area (Å²) in [6.07, 6.45) is 4.15. The molecule has 2 aromatic rings. The number of aryl methyl sites for hydroxylation is 1. The number of carbonyl (C=O) groups is 1. The van der Waals surface area contributed by atoms with Gasteiger partial charge in [-0.3, -0.25) is 4.79 Å². The molecule has 3 heterocycles. The highest BCUT2D eigenvalue weighted by Gasteiger charge is 2.27. The van der Waals surface area contributed by atoms with E-state index in [-0.39, 0.29) is 11.8 Å². The molecule has 7 heteroatoms. The van der Waals surface area contributed by atoms with Crippen molar-refractivity contribution in [3.63, 3.8) is 0 Å². The van der Waals surface area contributed by atoms with Gasteiger partial charge in [0.05, 0.1) is 5.69 Å². The van der Waals surface area contributed by atoms with Crippen molar-refractivity contribution in [2.24, 2.45) is 5.92 Å². The zero-order valence-corrected chi connectivity index (χ0v) is 13.0. The first-order chi connectivity index (χ1) is 10.7. The van der Waals surface area contributed by atoms with E-state index in [2.05, 4.69) is 32.3 Å². The second kappa shape index (κ2) is 6.29. The van der Waals surface area contributed by atoms with Gasteiger partial charge < -0.3 is 14.7 Å². The van der Waals surface area contributed by atoms with Crippen LogP contribution < -0.4 is 10.2 Å². The van der Waals surface area contributed by atoms with E-state index in [1.807, 2.05) is 6.92 Å². The van der Waals surface area contributed by atoms with Gasteiger partial charge in [-0.1, -0.05) is 12.1 Å².